The van der Waals surface area contributed by atoms with Gasteiger partial charge in [-0.05, 0) is 24.6 Å². The lowest BCUT2D eigenvalue weighted by atomic mass is 10.0. The summed E-state index contributed by atoms with van der Waals surface area (Å²) >= 11 is 0. The van der Waals surface area contributed by atoms with Gasteiger partial charge in [-0.1, -0.05) is 6.07 Å². The van der Waals surface area contributed by atoms with Crippen LogP contribution < -0.4 is 15.8 Å². The standard InChI is InChI=1S/C23H25F4N5O2/c1-28-22(34)18-6-7-19(20(24)29-18)32-10-8-31(9-11-32)16-4-2-14(12-16)17-5-3-15(21(33)30-17)13-23(25,26)27/h3,5-7,14H,2,4,8-13H2,1H3,(H-,28,30,33,34)/p+1/t14-/m1/s1. The molecule has 34 heavy (non-hydrogen) atoms. The van der Waals surface area contributed by atoms with Gasteiger partial charge in [-0.2, -0.15) is 17.6 Å². The van der Waals surface area contributed by atoms with Gasteiger partial charge in [0.1, 0.15) is 5.69 Å². The van der Waals surface area contributed by atoms with Gasteiger partial charge in [0.05, 0.1) is 25.2 Å². The molecule has 0 aromatic carbocycles. The lowest BCUT2D eigenvalue weighted by Gasteiger charge is -2.28. The number of H-pyrrole nitrogens is 1. The Morgan fingerprint density at radius 2 is 1.97 bits per heavy atom. The summed E-state index contributed by atoms with van der Waals surface area (Å²) in [5, 5.41) is 2.42. The highest BCUT2D eigenvalue weighted by atomic mass is 19.4. The minimum absolute atomic E-state index is 0.0272. The predicted molar refractivity (Wildman–Crippen MR) is 118 cm³/mol. The maximum absolute atomic E-state index is 14.5. The van der Waals surface area contributed by atoms with E-state index < -0.39 is 30.0 Å². The molecule has 1 aliphatic carbocycles. The SMILES string of the molecule is CNC(=O)c1ccc(N2CC[N+](=C3CC[C@@H](c4ccc(CC(F)(F)F)c(=O)[nH]4)C3)CC2)c(F)n1. The molecule has 1 aliphatic heterocycles. The number of anilines is 1. The molecule has 2 aliphatic rings. The number of hydrogen-bond acceptors (Lipinski definition) is 4. The van der Waals surface area contributed by atoms with Crippen molar-refractivity contribution in [2.24, 2.45) is 0 Å². The Balaban J connectivity index is 1.40. The van der Waals surface area contributed by atoms with Gasteiger partial charge in [-0.15, -0.1) is 0 Å². The third-order valence-corrected chi connectivity index (χ3v) is 6.46. The van der Waals surface area contributed by atoms with Crippen LogP contribution in [0.3, 0.4) is 0 Å². The first-order chi connectivity index (χ1) is 16.1. The van der Waals surface area contributed by atoms with Crippen LogP contribution in [-0.4, -0.2) is 65.6 Å². The van der Waals surface area contributed by atoms with Crippen LogP contribution in [0.1, 0.15) is 46.9 Å². The first kappa shape index (κ1) is 23.9. The van der Waals surface area contributed by atoms with E-state index in [0.717, 1.165) is 19.3 Å². The molecule has 2 aromatic heterocycles. The number of amides is 1. The van der Waals surface area contributed by atoms with Crippen molar-refractivity contribution < 1.29 is 26.9 Å². The Morgan fingerprint density at radius 1 is 1.24 bits per heavy atom. The van der Waals surface area contributed by atoms with Gasteiger partial charge in [0.25, 0.3) is 11.5 Å². The minimum atomic E-state index is -4.42. The second kappa shape index (κ2) is 9.55. The number of nitrogens with one attached hydrogen (secondary N) is 2. The molecule has 182 valence electrons. The smallest absolute Gasteiger partial charge is 0.355 e. The zero-order valence-corrected chi connectivity index (χ0v) is 18.7. The molecule has 4 rings (SSSR count). The van der Waals surface area contributed by atoms with Crippen LogP contribution in [0.2, 0.25) is 0 Å². The van der Waals surface area contributed by atoms with Crippen molar-refractivity contribution >= 4 is 17.3 Å². The molecule has 0 unspecified atom stereocenters. The highest BCUT2D eigenvalue weighted by Crippen LogP contribution is 2.32. The molecule has 1 amide bonds. The summed E-state index contributed by atoms with van der Waals surface area (Å²) in [5.74, 6) is -1.07. The molecule has 2 N–H and O–H groups in total. The number of aromatic nitrogens is 2. The number of aromatic amines is 1. The van der Waals surface area contributed by atoms with Gasteiger partial charge in [-0.25, -0.2) is 9.56 Å². The second-order valence-electron chi connectivity index (χ2n) is 8.63. The van der Waals surface area contributed by atoms with E-state index >= 15 is 0 Å². The van der Waals surface area contributed by atoms with Crippen molar-refractivity contribution in [3.63, 3.8) is 0 Å². The molecule has 1 atom stereocenters. The average molecular weight is 480 g/mol. The summed E-state index contributed by atoms with van der Waals surface area (Å²) in [4.78, 5) is 32.0. The summed E-state index contributed by atoms with van der Waals surface area (Å²) in [6, 6.07) is 5.93. The number of hydrogen-bond donors (Lipinski definition) is 2. The van der Waals surface area contributed by atoms with Crippen molar-refractivity contribution in [2.45, 2.75) is 37.8 Å². The van der Waals surface area contributed by atoms with E-state index in [9.17, 15) is 27.2 Å². The van der Waals surface area contributed by atoms with Crippen molar-refractivity contribution in [3.05, 3.63) is 57.5 Å². The third kappa shape index (κ3) is 5.28. The van der Waals surface area contributed by atoms with Gasteiger partial charge < -0.3 is 15.2 Å². The molecule has 3 heterocycles. The molecule has 11 heteroatoms. The average Bonchev–Trinajstić information content (AvgIpc) is 3.29. The quantitative estimate of drug-likeness (QED) is 0.401. The fraction of sp³-hybridized carbons (Fsp3) is 0.478. The lowest BCUT2D eigenvalue weighted by Crippen LogP contribution is -2.44. The Labute approximate surface area is 193 Å². The van der Waals surface area contributed by atoms with Crippen molar-refractivity contribution in [1.29, 1.82) is 0 Å². The first-order valence-electron chi connectivity index (χ1n) is 11.2. The number of rotatable bonds is 4. The normalized spacial score (nSPS) is 19.0. The van der Waals surface area contributed by atoms with E-state index in [1.807, 2.05) is 4.90 Å². The second-order valence-corrected chi connectivity index (χ2v) is 8.63. The van der Waals surface area contributed by atoms with Crippen LogP contribution in [0.25, 0.3) is 0 Å². The Bertz CT molecular complexity index is 1160. The fourth-order valence-corrected chi connectivity index (χ4v) is 4.68. The van der Waals surface area contributed by atoms with E-state index in [1.54, 1.807) is 12.1 Å². The van der Waals surface area contributed by atoms with Gasteiger partial charge >= 0.3 is 6.18 Å². The van der Waals surface area contributed by atoms with Crippen molar-refractivity contribution in [2.75, 3.05) is 38.1 Å². The summed E-state index contributed by atoms with van der Waals surface area (Å²) < 4.78 is 54.5. The number of carbonyl (C=O) groups is 1. The van der Waals surface area contributed by atoms with Gasteiger partial charge in [0.15, 0.2) is 18.8 Å². The number of carbonyl (C=O) groups excluding carboxylic acids is 1. The first-order valence-corrected chi connectivity index (χ1v) is 11.2. The Morgan fingerprint density at radius 3 is 2.59 bits per heavy atom. The molecular formula is C23H26F4N5O2+. The Kier molecular flexibility index (Phi) is 6.72. The van der Waals surface area contributed by atoms with Crippen LogP contribution in [0.5, 0.6) is 0 Å². The summed E-state index contributed by atoms with van der Waals surface area (Å²) in [5.41, 5.74) is 1.32. The molecule has 7 nitrogen and oxygen atoms in total. The van der Waals surface area contributed by atoms with Gasteiger partial charge in [0.2, 0.25) is 5.95 Å². The lowest BCUT2D eigenvalue weighted by molar-refractivity contribution is -0.531. The van der Waals surface area contributed by atoms with Crippen LogP contribution in [-0.2, 0) is 6.42 Å². The molecule has 0 radical (unpaired) electrons. The monoisotopic (exact) mass is 480 g/mol. The number of alkyl halides is 3. The minimum Gasteiger partial charge on any atom is -0.355 e. The van der Waals surface area contributed by atoms with E-state index in [4.69, 9.17) is 0 Å². The zero-order valence-electron chi connectivity index (χ0n) is 18.7. The third-order valence-electron chi connectivity index (χ3n) is 6.46. The van der Waals surface area contributed by atoms with E-state index in [0.29, 0.717) is 37.6 Å². The molecule has 1 saturated carbocycles. The van der Waals surface area contributed by atoms with E-state index in [1.165, 1.54) is 24.9 Å². The largest absolute Gasteiger partial charge is 0.393 e. The molecule has 0 spiro atoms. The summed E-state index contributed by atoms with van der Waals surface area (Å²) in [6.07, 6.45) is -3.28. The summed E-state index contributed by atoms with van der Waals surface area (Å²) in [7, 11) is 1.46. The fourth-order valence-electron chi connectivity index (χ4n) is 4.68. The number of nitrogens with zero attached hydrogens (tertiary/aromatic N) is 3. The van der Waals surface area contributed by atoms with Crippen LogP contribution in [0.15, 0.2) is 29.1 Å². The molecule has 2 aromatic rings. The Hall–Kier alpha value is -3.24. The molecular weight excluding hydrogens is 454 g/mol. The maximum Gasteiger partial charge on any atom is 0.393 e. The topological polar surface area (TPSA) is 81.1 Å². The van der Waals surface area contributed by atoms with Crippen LogP contribution >= 0.6 is 0 Å². The van der Waals surface area contributed by atoms with Gasteiger partial charge in [0, 0.05) is 37.1 Å². The molecule has 2 fully saturated rings. The number of halogens is 4. The van der Waals surface area contributed by atoms with Crippen molar-refractivity contribution in [1.82, 2.24) is 15.3 Å². The maximum atomic E-state index is 14.5. The number of piperazine rings is 1. The predicted octanol–water partition coefficient (Wildman–Crippen LogP) is 2.61. The number of pyridine rings is 2. The summed E-state index contributed by atoms with van der Waals surface area (Å²) in [6.45, 7) is 2.57. The molecule has 0 bridgehead atoms. The highest BCUT2D eigenvalue weighted by Gasteiger charge is 2.33. The zero-order chi connectivity index (χ0) is 24.5. The highest BCUT2D eigenvalue weighted by molar-refractivity contribution is 5.92. The molecule has 1 saturated heterocycles. The van der Waals surface area contributed by atoms with Crippen LogP contribution in [0, 0.1) is 5.95 Å². The van der Waals surface area contributed by atoms with Crippen LogP contribution in [0.4, 0.5) is 23.2 Å². The van der Waals surface area contributed by atoms with E-state index in [-0.39, 0.29) is 17.2 Å². The van der Waals surface area contributed by atoms with Crippen molar-refractivity contribution in [3.8, 4) is 0 Å². The van der Waals surface area contributed by atoms with E-state index in [2.05, 4.69) is 19.9 Å². The van der Waals surface area contributed by atoms with Gasteiger partial charge in [-0.3, -0.25) is 9.59 Å².